The van der Waals surface area contributed by atoms with Crippen molar-refractivity contribution in [3.63, 3.8) is 0 Å². The van der Waals surface area contributed by atoms with E-state index in [0.29, 0.717) is 5.02 Å². The first-order valence-corrected chi connectivity index (χ1v) is 5.71. The van der Waals surface area contributed by atoms with Crippen molar-refractivity contribution in [2.45, 2.75) is 32.0 Å². The number of benzene rings is 1. The van der Waals surface area contributed by atoms with Gasteiger partial charge >= 0.3 is 6.18 Å². The predicted molar refractivity (Wildman–Crippen MR) is 63.3 cm³/mol. The van der Waals surface area contributed by atoms with Gasteiger partial charge in [-0.1, -0.05) is 23.7 Å². The van der Waals surface area contributed by atoms with Crippen molar-refractivity contribution in [1.29, 1.82) is 0 Å². The Kier molecular flexibility index (Phi) is 4.83. The smallest absolute Gasteiger partial charge is 0.313 e. The lowest BCUT2D eigenvalue weighted by molar-refractivity contribution is -0.136. The summed E-state index contributed by atoms with van der Waals surface area (Å²) in [5.41, 5.74) is 1.70. The Morgan fingerprint density at radius 2 is 2.00 bits per heavy atom. The second-order valence-corrected chi connectivity index (χ2v) is 4.41. The molecule has 0 radical (unpaired) electrons. The monoisotopic (exact) mass is 265 g/mol. The summed E-state index contributed by atoms with van der Waals surface area (Å²) in [6.07, 6.45) is -4.91. The summed E-state index contributed by atoms with van der Waals surface area (Å²) in [4.78, 5) is 0. The molecule has 0 heterocycles. The second kappa shape index (κ2) is 5.74. The highest BCUT2D eigenvalue weighted by atomic mass is 35.5. The van der Waals surface area contributed by atoms with E-state index in [4.69, 9.17) is 11.6 Å². The van der Waals surface area contributed by atoms with Crippen LogP contribution in [0.1, 0.15) is 30.0 Å². The molecule has 0 bridgehead atoms. The molecule has 0 saturated heterocycles. The number of aryl methyl sites for hydroxylation is 1. The highest BCUT2D eigenvalue weighted by Gasteiger charge is 2.28. The van der Waals surface area contributed by atoms with Crippen LogP contribution in [0.4, 0.5) is 13.2 Å². The molecule has 0 aliphatic heterocycles. The van der Waals surface area contributed by atoms with Crippen molar-refractivity contribution in [2.24, 2.45) is 0 Å². The molecule has 0 amide bonds. The number of hydrogen-bond donors (Lipinski definition) is 1. The van der Waals surface area contributed by atoms with Crippen molar-refractivity contribution >= 4 is 11.6 Å². The molecular weight excluding hydrogens is 251 g/mol. The Labute approximate surface area is 104 Å². The van der Waals surface area contributed by atoms with Gasteiger partial charge < -0.3 is 5.32 Å². The molecule has 0 fully saturated rings. The Balaban J connectivity index is 2.76. The standard InChI is InChI=1S/C12H15ClF3N/c1-8-3-4-9(7-10(8)13)11(17-2)5-6-12(14,15)16/h3-4,7,11,17H,5-6H2,1-2H3. The summed E-state index contributed by atoms with van der Waals surface area (Å²) in [6.45, 7) is 1.86. The lowest BCUT2D eigenvalue weighted by Crippen LogP contribution is -2.19. The lowest BCUT2D eigenvalue weighted by atomic mass is 10.0. The van der Waals surface area contributed by atoms with E-state index in [1.165, 1.54) is 0 Å². The third-order valence-corrected chi connectivity index (χ3v) is 3.07. The molecule has 1 N–H and O–H groups in total. The first kappa shape index (κ1) is 14.3. The van der Waals surface area contributed by atoms with Crippen LogP contribution >= 0.6 is 11.6 Å². The molecule has 1 aromatic rings. The number of rotatable bonds is 4. The van der Waals surface area contributed by atoms with Crippen molar-refractivity contribution in [1.82, 2.24) is 5.32 Å². The first-order chi connectivity index (χ1) is 7.83. The van der Waals surface area contributed by atoms with Crippen LogP contribution in [-0.4, -0.2) is 13.2 Å². The third-order valence-electron chi connectivity index (χ3n) is 2.66. The molecule has 96 valence electrons. The van der Waals surface area contributed by atoms with Crippen molar-refractivity contribution in [3.8, 4) is 0 Å². The molecular formula is C12H15ClF3N. The zero-order valence-corrected chi connectivity index (χ0v) is 10.5. The molecule has 0 aromatic heterocycles. The van der Waals surface area contributed by atoms with Crippen LogP contribution in [0.15, 0.2) is 18.2 Å². The first-order valence-electron chi connectivity index (χ1n) is 5.33. The average molecular weight is 266 g/mol. The molecule has 1 rings (SSSR count). The fraction of sp³-hybridized carbons (Fsp3) is 0.500. The van der Waals surface area contributed by atoms with Gasteiger partial charge in [0.1, 0.15) is 0 Å². The number of hydrogen-bond acceptors (Lipinski definition) is 1. The van der Waals surface area contributed by atoms with E-state index < -0.39 is 12.6 Å². The molecule has 1 atom stereocenters. The van der Waals surface area contributed by atoms with Crippen LogP contribution in [0.25, 0.3) is 0 Å². The van der Waals surface area contributed by atoms with Gasteiger partial charge in [-0.3, -0.25) is 0 Å². The summed E-state index contributed by atoms with van der Waals surface area (Å²) < 4.78 is 36.5. The van der Waals surface area contributed by atoms with Gasteiger partial charge in [-0.15, -0.1) is 0 Å². The average Bonchev–Trinajstić information content (AvgIpc) is 2.22. The maximum Gasteiger partial charge on any atom is 0.389 e. The minimum absolute atomic E-state index is 0.0133. The second-order valence-electron chi connectivity index (χ2n) is 4.00. The van der Waals surface area contributed by atoms with Gasteiger partial charge in [0, 0.05) is 17.5 Å². The van der Waals surface area contributed by atoms with Gasteiger partial charge in [0.25, 0.3) is 0 Å². The normalized spacial score (nSPS) is 13.8. The Hall–Kier alpha value is -0.740. The van der Waals surface area contributed by atoms with Crippen LogP contribution in [0.3, 0.4) is 0 Å². The summed E-state index contributed by atoms with van der Waals surface area (Å²) >= 11 is 5.95. The topological polar surface area (TPSA) is 12.0 Å². The van der Waals surface area contributed by atoms with Crippen LogP contribution < -0.4 is 5.32 Å². The van der Waals surface area contributed by atoms with Gasteiger partial charge in [-0.25, -0.2) is 0 Å². The number of halogens is 4. The van der Waals surface area contributed by atoms with Crippen molar-refractivity contribution in [3.05, 3.63) is 34.3 Å². The molecule has 0 aliphatic rings. The van der Waals surface area contributed by atoms with Gasteiger partial charge in [0.05, 0.1) is 0 Å². The van der Waals surface area contributed by atoms with Gasteiger partial charge in [-0.05, 0) is 37.6 Å². The van der Waals surface area contributed by atoms with E-state index in [-0.39, 0.29) is 12.5 Å². The van der Waals surface area contributed by atoms with Gasteiger partial charge in [0.15, 0.2) is 0 Å². The van der Waals surface area contributed by atoms with Crippen molar-refractivity contribution in [2.75, 3.05) is 7.05 Å². The fourth-order valence-electron chi connectivity index (χ4n) is 1.61. The Bertz CT molecular complexity index is 377. The molecule has 0 spiro atoms. The van der Waals surface area contributed by atoms with E-state index in [2.05, 4.69) is 5.32 Å². The SMILES string of the molecule is CNC(CCC(F)(F)F)c1ccc(C)c(Cl)c1. The van der Waals surface area contributed by atoms with E-state index in [9.17, 15) is 13.2 Å². The van der Waals surface area contributed by atoms with Crippen molar-refractivity contribution < 1.29 is 13.2 Å². The van der Waals surface area contributed by atoms with E-state index in [0.717, 1.165) is 11.1 Å². The minimum Gasteiger partial charge on any atom is -0.313 e. The molecule has 1 nitrogen and oxygen atoms in total. The quantitative estimate of drug-likeness (QED) is 0.858. The number of alkyl halides is 3. The molecule has 1 unspecified atom stereocenters. The zero-order valence-electron chi connectivity index (χ0n) is 9.74. The Morgan fingerprint density at radius 1 is 1.35 bits per heavy atom. The molecule has 1 aromatic carbocycles. The highest BCUT2D eigenvalue weighted by Crippen LogP contribution is 2.29. The summed E-state index contributed by atoms with van der Waals surface area (Å²) in [5, 5.41) is 3.46. The Morgan fingerprint density at radius 3 is 2.47 bits per heavy atom. The van der Waals surface area contributed by atoms with Gasteiger partial charge in [-0.2, -0.15) is 13.2 Å². The maximum absolute atomic E-state index is 12.2. The molecule has 0 saturated carbocycles. The minimum atomic E-state index is -4.12. The highest BCUT2D eigenvalue weighted by molar-refractivity contribution is 6.31. The summed E-state index contributed by atoms with van der Waals surface area (Å²) in [7, 11) is 1.65. The van der Waals surface area contributed by atoms with Gasteiger partial charge in [0.2, 0.25) is 0 Å². The number of nitrogens with one attached hydrogen (secondary N) is 1. The van der Waals surface area contributed by atoms with Crippen LogP contribution in [0, 0.1) is 6.92 Å². The van der Waals surface area contributed by atoms with E-state index in [1.807, 2.05) is 13.0 Å². The van der Waals surface area contributed by atoms with Crippen LogP contribution in [0.5, 0.6) is 0 Å². The largest absolute Gasteiger partial charge is 0.389 e. The van der Waals surface area contributed by atoms with Crippen LogP contribution in [-0.2, 0) is 0 Å². The summed E-state index contributed by atoms with van der Waals surface area (Å²) in [6, 6.07) is 5.01. The molecule has 17 heavy (non-hydrogen) atoms. The predicted octanol–water partition coefficient (Wildman–Crippen LogP) is 4.25. The van der Waals surface area contributed by atoms with Crippen LogP contribution in [0.2, 0.25) is 5.02 Å². The maximum atomic E-state index is 12.2. The van der Waals surface area contributed by atoms with E-state index in [1.54, 1.807) is 19.2 Å². The molecule has 5 heteroatoms. The lowest BCUT2D eigenvalue weighted by Gasteiger charge is -2.18. The van der Waals surface area contributed by atoms with E-state index >= 15 is 0 Å². The third kappa shape index (κ3) is 4.56. The fourth-order valence-corrected chi connectivity index (χ4v) is 1.80. The summed E-state index contributed by atoms with van der Waals surface area (Å²) in [5.74, 6) is 0. The molecule has 0 aliphatic carbocycles. The zero-order chi connectivity index (χ0) is 13.1.